The van der Waals surface area contributed by atoms with Gasteiger partial charge in [0.2, 0.25) is 0 Å². The first-order valence-electron chi connectivity index (χ1n) is 24.7. The Morgan fingerprint density at radius 3 is 1.71 bits per heavy atom. The maximum atomic E-state index is 2.71. The van der Waals surface area contributed by atoms with Crippen LogP contribution in [-0.4, -0.2) is 11.3 Å². The van der Waals surface area contributed by atoms with Crippen molar-refractivity contribution in [1.82, 2.24) is 4.57 Å². The standard InChI is InChI=1S/C61H68BN3/c1-35-27-50-53-51(28-35)65-52-31-37(57(5,6)7)30-40-39-29-36(56(2,3)4)19-22-47(39)64(54(40)52)48-18-16-17-45(55(48)65)62(53)46-33-43-44(61(14,15)26-25-60(43,12)13)34-49(46)63(50)38-20-21-41-42(32-38)59(10,11)24-23-58(41,8)9/h16-22,27-34H,23-26H2,1-15H3. The van der Waals surface area contributed by atoms with E-state index in [1.54, 1.807) is 0 Å². The highest BCUT2D eigenvalue weighted by Gasteiger charge is 2.49. The predicted octanol–water partition coefficient (Wildman–Crippen LogP) is 14.8. The molecule has 65 heavy (non-hydrogen) atoms. The van der Waals surface area contributed by atoms with E-state index in [2.05, 4.69) is 209 Å². The minimum Gasteiger partial charge on any atom is -0.311 e. The Morgan fingerprint density at radius 2 is 1.06 bits per heavy atom. The molecule has 0 atom stereocenters. The predicted molar refractivity (Wildman–Crippen MR) is 281 cm³/mol. The lowest BCUT2D eigenvalue weighted by Gasteiger charge is -2.49. The number of rotatable bonds is 1. The summed E-state index contributed by atoms with van der Waals surface area (Å²) in [5.41, 5.74) is 26.5. The highest BCUT2D eigenvalue weighted by atomic mass is 15.2. The Kier molecular flexibility index (Phi) is 8.00. The number of aryl methyl sites for hydroxylation is 1. The van der Waals surface area contributed by atoms with Crippen molar-refractivity contribution in [2.75, 3.05) is 9.80 Å². The van der Waals surface area contributed by atoms with E-state index in [0.717, 1.165) is 0 Å². The second kappa shape index (κ2) is 12.6. The van der Waals surface area contributed by atoms with E-state index in [1.165, 1.54) is 143 Å². The van der Waals surface area contributed by atoms with Crippen molar-refractivity contribution in [2.45, 2.75) is 162 Å². The molecule has 5 aliphatic rings. The van der Waals surface area contributed by atoms with E-state index >= 15 is 0 Å². The van der Waals surface area contributed by atoms with Crippen LogP contribution in [0, 0.1) is 6.92 Å². The first kappa shape index (κ1) is 41.2. The van der Waals surface area contributed by atoms with Crippen LogP contribution in [0.2, 0.25) is 0 Å². The SMILES string of the molecule is Cc1cc2c3c(c1)N1c4c(cccc4-n4c5ccc(C(C)(C)C)cc5c5cc(C(C)(C)C)cc1c54)B3c1cc3c(cc1N2c1ccc2c(c1)C(C)(C)CCC2(C)C)C(C)(C)CCC3(C)C. The summed E-state index contributed by atoms with van der Waals surface area (Å²) >= 11 is 0. The van der Waals surface area contributed by atoms with Crippen LogP contribution in [0.25, 0.3) is 27.5 Å². The number of anilines is 6. The Morgan fingerprint density at radius 1 is 0.477 bits per heavy atom. The number of hydrogen-bond donors (Lipinski definition) is 0. The van der Waals surface area contributed by atoms with E-state index in [1.807, 2.05) is 0 Å². The Balaban J connectivity index is 1.22. The van der Waals surface area contributed by atoms with Gasteiger partial charge in [-0.1, -0.05) is 127 Å². The maximum absolute atomic E-state index is 2.71. The van der Waals surface area contributed by atoms with Crippen molar-refractivity contribution in [3.05, 3.63) is 130 Å². The van der Waals surface area contributed by atoms with Crippen LogP contribution in [0.3, 0.4) is 0 Å². The largest absolute Gasteiger partial charge is 0.311 e. The fourth-order valence-corrected chi connectivity index (χ4v) is 13.1. The van der Waals surface area contributed by atoms with Crippen LogP contribution in [0.5, 0.6) is 0 Å². The van der Waals surface area contributed by atoms with Crippen LogP contribution < -0.4 is 26.2 Å². The quantitative estimate of drug-likeness (QED) is 0.152. The fourth-order valence-electron chi connectivity index (χ4n) is 13.1. The number of benzene rings is 6. The van der Waals surface area contributed by atoms with Gasteiger partial charge in [0.05, 0.1) is 28.1 Å². The maximum Gasteiger partial charge on any atom is 0.252 e. The lowest BCUT2D eigenvalue weighted by atomic mass is 9.33. The molecule has 0 spiro atoms. The normalized spacial score (nSPS) is 19.2. The summed E-state index contributed by atoms with van der Waals surface area (Å²) in [4.78, 5) is 5.42. The van der Waals surface area contributed by atoms with Gasteiger partial charge in [0.25, 0.3) is 6.71 Å². The summed E-state index contributed by atoms with van der Waals surface area (Å²) < 4.78 is 2.63. The third-order valence-electron chi connectivity index (χ3n) is 17.3. The summed E-state index contributed by atoms with van der Waals surface area (Å²) in [6, 6.07) is 37.5. The molecule has 0 saturated carbocycles. The molecule has 7 aromatic rings. The van der Waals surface area contributed by atoms with Crippen molar-refractivity contribution < 1.29 is 0 Å². The van der Waals surface area contributed by atoms with Gasteiger partial charge < -0.3 is 14.4 Å². The van der Waals surface area contributed by atoms with Crippen molar-refractivity contribution in [3.63, 3.8) is 0 Å². The zero-order chi connectivity index (χ0) is 45.9. The second-order valence-electron chi connectivity index (χ2n) is 25.7. The molecule has 0 unspecified atom stereocenters. The molecule has 0 amide bonds. The van der Waals surface area contributed by atoms with Crippen molar-refractivity contribution in [2.24, 2.45) is 0 Å². The molecule has 3 aliphatic heterocycles. The molecule has 4 heterocycles. The van der Waals surface area contributed by atoms with E-state index in [-0.39, 0.29) is 39.2 Å². The third-order valence-corrected chi connectivity index (χ3v) is 17.3. The van der Waals surface area contributed by atoms with Gasteiger partial charge in [0.1, 0.15) is 0 Å². The van der Waals surface area contributed by atoms with Gasteiger partial charge in [-0.25, -0.2) is 0 Å². The molecule has 0 radical (unpaired) electrons. The average molecular weight is 854 g/mol. The minimum absolute atomic E-state index is 0.0366. The van der Waals surface area contributed by atoms with Crippen LogP contribution in [0.1, 0.15) is 162 Å². The monoisotopic (exact) mass is 854 g/mol. The molecule has 4 heteroatoms. The molecule has 3 nitrogen and oxygen atoms in total. The summed E-state index contributed by atoms with van der Waals surface area (Å²) in [6.45, 7) is 36.4. The molecule has 2 aliphatic carbocycles. The number of hydrogen-bond acceptors (Lipinski definition) is 2. The van der Waals surface area contributed by atoms with Gasteiger partial charge in [0.15, 0.2) is 0 Å². The van der Waals surface area contributed by atoms with E-state index in [4.69, 9.17) is 0 Å². The van der Waals surface area contributed by atoms with Crippen LogP contribution in [0.4, 0.5) is 34.1 Å². The van der Waals surface area contributed by atoms with E-state index in [9.17, 15) is 0 Å². The molecule has 0 bridgehead atoms. The summed E-state index contributed by atoms with van der Waals surface area (Å²) in [5.74, 6) is 0. The molecule has 0 fully saturated rings. The summed E-state index contributed by atoms with van der Waals surface area (Å²) in [5, 5.41) is 2.69. The summed E-state index contributed by atoms with van der Waals surface area (Å²) in [6.07, 6.45) is 4.77. The van der Waals surface area contributed by atoms with Crippen LogP contribution in [0.15, 0.2) is 91.0 Å². The lowest BCUT2D eigenvalue weighted by Crippen LogP contribution is -2.62. The lowest BCUT2D eigenvalue weighted by molar-refractivity contribution is 0.332. The fraction of sp³-hybridized carbons (Fsp3) is 0.410. The van der Waals surface area contributed by atoms with Crippen LogP contribution >= 0.6 is 0 Å². The minimum atomic E-state index is -0.0465. The molecular weight excluding hydrogens is 786 g/mol. The Labute approximate surface area is 389 Å². The molecule has 6 aromatic carbocycles. The van der Waals surface area contributed by atoms with Crippen LogP contribution in [-0.2, 0) is 32.5 Å². The van der Waals surface area contributed by atoms with Gasteiger partial charge >= 0.3 is 0 Å². The van der Waals surface area contributed by atoms with E-state index in [0.29, 0.717) is 0 Å². The zero-order valence-electron chi connectivity index (χ0n) is 41.9. The number of fused-ring (bicyclic) bond motifs is 11. The van der Waals surface area contributed by atoms with Gasteiger partial charge in [0, 0.05) is 33.5 Å². The highest BCUT2D eigenvalue weighted by Crippen LogP contribution is 2.56. The Bertz CT molecular complexity index is 3260. The number of aromatic nitrogens is 1. The zero-order valence-corrected chi connectivity index (χ0v) is 41.9. The van der Waals surface area contributed by atoms with Gasteiger partial charge in [-0.15, -0.1) is 0 Å². The molecule has 1 aromatic heterocycles. The molecule has 330 valence electrons. The number of para-hydroxylation sites is 1. The topological polar surface area (TPSA) is 11.4 Å². The smallest absolute Gasteiger partial charge is 0.252 e. The first-order valence-corrected chi connectivity index (χ1v) is 24.7. The van der Waals surface area contributed by atoms with Crippen molar-refractivity contribution >= 4 is 79.0 Å². The summed E-state index contributed by atoms with van der Waals surface area (Å²) in [7, 11) is 0. The van der Waals surface area contributed by atoms with Gasteiger partial charge in [-0.2, -0.15) is 0 Å². The van der Waals surface area contributed by atoms with Gasteiger partial charge in [-0.05, 0) is 181 Å². The second-order valence-corrected chi connectivity index (χ2v) is 25.7. The number of nitrogens with zero attached hydrogens (tertiary/aromatic N) is 3. The Hall–Kier alpha value is -5.22. The third kappa shape index (κ3) is 5.55. The van der Waals surface area contributed by atoms with Crippen molar-refractivity contribution in [1.29, 1.82) is 0 Å². The first-order chi connectivity index (χ1) is 30.4. The highest BCUT2D eigenvalue weighted by molar-refractivity contribution is 7.00. The molecule has 0 N–H and O–H groups in total. The average Bonchev–Trinajstić information content (AvgIpc) is 3.56. The van der Waals surface area contributed by atoms with Gasteiger partial charge in [-0.3, -0.25) is 0 Å². The van der Waals surface area contributed by atoms with Crippen molar-refractivity contribution in [3.8, 4) is 5.69 Å². The molecule has 12 rings (SSSR count). The molecular formula is C61H68BN3. The van der Waals surface area contributed by atoms with E-state index < -0.39 is 0 Å². The molecule has 0 saturated heterocycles.